The monoisotopic (exact) mass is 402 g/mol. The average molecular weight is 403 g/mol. The molecule has 0 atom stereocenters. The number of rotatable bonds is 7. The molecule has 0 unspecified atom stereocenters. The molecule has 0 aliphatic carbocycles. The van der Waals surface area contributed by atoms with Crippen molar-refractivity contribution >= 4 is 17.5 Å². The third-order valence-electron chi connectivity index (χ3n) is 4.04. The minimum absolute atomic E-state index is 0.201. The molecule has 1 amide bonds. The second-order valence-corrected chi connectivity index (χ2v) is 6.22. The van der Waals surface area contributed by atoms with E-state index in [1.165, 1.54) is 21.3 Å². The number of aromatic nitrogens is 1. The van der Waals surface area contributed by atoms with Crippen LogP contribution < -0.4 is 19.5 Å². The Balaban J connectivity index is 1.71. The van der Waals surface area contributed by atoms with Crippen LogP contribution in [0.3, 0.4) is 0 Å². The Morgan fingerprint density at radius 2 is 1.68 bits per heavy atom. The van der Waals surface area contributed by atoms with Crippen LogP contribution in [0, 0.1) is 0 Å². The summed E-state index contributed by atoms with van der Waals surface area (Å²) >= 11 is 5.89. The van der Waals surface area contributed by atoms with Crippen LogP contribution in [0.4, 0.5) is 0 Å². The summed E-state index contributed by atoms with van der Waals surface area (Å²) in [4.78, 5) is 12.5. The molecule has 0 aliphatic rings. The van der Waals surface area contributed by atoms with Gasteiger partial charge in [0.05, 0.1) is 27.9 Å². The number of carbonyl (C=O) groups is 1. The quantitative estimate of drug-likeness (QED) is 0.644. The lowest BCUT2D eigenvalue weighted by Crippen LogP contribution is -2.23. The molecule has 0 saturated heterocycles. The minimum Gasteiger partial charge on any atom is -0.493 e. The van der Waals surface area contributed by atoms with E-state index < -0.39 is 0 Å². The van der Waals surface area contributed by atoms with E-state index in [0.29, 0.717) is 39.3 Å². The number of hydrogen-bond acceptors (Lipinski definition) is 6. The first kappa shape index (κ1) is 19.6. The van der Waals surface area contributed by atoms with E-state index in [-0.39, 0.29) is 12.5 Å². The molecule has 0 aliphatic heterocycles. The molecular weight excluding hydrogens is 384 g/mol. The van der Waals surface area contributed by atoms with Gasteiger partial charge in [-0.2, -0.15) is 0 Å². The van der Waals surface area contributed by atoms with Crippen molar-refractivity contribution in [2.45, 2.75) is 6.54 Å². The number of halogens is 1. The standard InChI is InChI=1S/C20H19ClN2O5/c1-25-17-8-13(9-18(26-2)19(17)27-3)20(24)22-11-15-10-16(28-23-15)12-4-6-14(21)7-5-12/h4-10H,11H2,1-3H3,(H,22,24). The fourth-order valence-corrected chi connectivity index (χ4v) is 2.76. The van der Waals surface area contributed by atoms with Crippen molar-refractivity contribution in [3.05, 3.63) is 58.7 Å². The van der Waals surface area contributed by atoms with E-state index in [0.717, 1.165) is 5.56 Å². The molecule has 1 N–H and O–H groups in total. The Morgan fingerprint density at radius 1 is 1.04 bits per heavy atom. The first-order chi connectivity index (χ1) is 13.5. The van der Waals surface area contributed by atoms with Crippen molar-refractivity contribution < 1.29 is 23.5 Å². The minimum atomic E-state index is -0.310. The normalized spacial score (nSPS) is 10.4. The highest BCUT2D eigenvalue weighted by Gasteiger charge is 2.17. The maximum atomic E-state index is 12.5. The zero-order chi connectivity index (χ0) is 20.1. The van der Waals surface area contributed by atoms with Gasteiger partial charge in [0.15, 0.2) is 17.3 Å². The highest BCUT2D eigenvalue weighted by Crippen LogP contribution is 2.38. The lowest BCUT2D eigenvalue weighted by atomic mass is 10.1. The van der Waals surface area contributed by atoms with Gasteiger partial charge >= 0.3 is 0 Å². The average Bonchev–Trinajstić information content (AvgIpc) is 3.20. The Hall–Kier alpha value is -3.19. The fourth-order valence-electron chi connectivity index (χ4n) is 2.63. The number of amides is 1. The molecule has 3 aromatic rings. The molecule has 0 radical (unpaired) electrons. The van der Waals surface area contributed by atoms with Crippen LogP contribution in [-0.4, -0.2) is 32.4 Å². The SMILES string of the molecule is COc1cc(C(=O)NCc2cc(-c3ccc(Cl)cc3)on2)cc(OC)c1OC. The van der Waals surface area contributed by atoms with E-state index >= 15 is 0 Å². The van der Waals surface area contributed by atoms with Crippen LogP contribution >= 0.6 is 11.6 Å². The van der Waals surface area contributed by atoms with E-state index in [9.17, 15) is 4.79 Å². The number of benzene rings is 2. The summed E-state index contributed by atoms with van der Waals surface area (Å²) in [6.45, 7) is 0.201. The molecular formula is C20H19ClN2O5. The number of carbonyl (C=O) groups excluding carboxylic acids is 1. The van der Waals surface area contributed by atoms with Gasteiger partial charge in [0.2, 0.25) is 5.75 Å². The molecule has 7 nitrogen and oxygen atoms in total. The summed E-state index contributed by atoms with van der Waals surface area (Å²) in [5, 5.41) is 7.42. The number of nitrogens with one attached hydrogen (secondary N) is 1. The number of nitrogens with zero attached hydrogens (tertiary/aromatic N) is 1. The van der Waals surface area contributed by atoms with Crippen molar-refractivity contribution in [3.8, 4) is 28.6 Å². The number of methoxy groups -OCH3 is 3. The van der Waals surface area contributed by atoms with Gasteiger partial charge in [-0.25, -0.2) is 0 Å². The van der Waals surface area contributed by atoms with Crippen molar-refractivity contribution in [2.24, 2.45) is 0 Å². The lowest BCUT2D eigenvalue weighted by molar-refractivity contribution is 0.0949. The molecule has 2 aromatic carbocycles. The highest BCUT2D eigenvalue weighted by atomic mass is 35.5. The van der Waals surface area contributed by atoms with Crippen LogP contribution in [0.15, 0.2) is 47.0 Å². The fraction of sp³-hybridized carbons (Fsp3) is 0.200. The summed E-state index contributed by atoms with van der Waals surface area (Å²) in [7, 11) is 4.49. The molecule has 0 fully saturated rings. The molecule has 28 heavy (non-hydrogen) atoms. The zero-order valence-electron chi connectivity index (χ0n) is 15.6. The molecule has 1 aromatic heterocycles. The summed E-state index contributed by atoms with van der Waals surface area (Å²) in [5.74, 6) is 1.51. The Bertz CT molecular complexity index is 944. The molecule has 0 spiro atoms. The maximum absolute atomic E-state index is 12.5. The van der Waals surface area contributed by atoms with Crippen LogP contribution in [0.5, 0.6) is 17.2 Å². The summed E-state index contributed by atoms with van der Waals surface area (Å²) in [6, 6.07) is 12.1. The van der Waals surface area contributed by atoms with Gasteiger partial charge in [0.25, 0.3) is 5.91 Å². The second kappa shape index (κ2) is 8.67. The Labute approximate surface area is 167 Å². The largest absolute Gasteiger partial charge is 0.493 e. The van der Waals surface area contributed by atoms with E-state index in [1.54, 1.807) is 30.3 Å². The summed E-state index contributed by atoms with van der Waals surface area (Å²) in [6.07, 6.45) is 0. The van der Waals surface area contributed by atoms with Crippen molar-refractivity contribution in [3.63, 3.8) is 0 Å². The first-order valence-electron chi connectivity index (χ1n) is 8.35. The predicted octanol–water partition coefficient (Wildman–Crippen LogP) is 3.95. The second-order valence-electron chi connectivity index (χ2n) is 5.79. The predicted molar refractivity (Wildman–Crippen MR) is 104 cm³/mol. The van der Waals surface area contributed by atoms with Crippen LogP contribution in [0.1, 0.15) is 16.1 Å². The third-order valence-corrected chi connectivity index (χ3v) is 4.30. The highest BCUT2D eigenvalue weighted by molar-refractivity contribution is 6.30. The van der Waals surface area contributed by atoms with Gasteiger partial charge in [0, 0.05) is 22.2 Å². The van der Waals surface area contributed by atoms with Gasteiger partial charge in [-0.1, -0.05) is 16.8 Å². The van der Waals surface area contributed by atoms with Crippen LogP contribution in [0.25, 0.3) is 11.3 Å². The topological polar surface area (TPSA) is 82.8 Å². The molecule has 8 heteroatoms. The maximum Gasteiger partial charge on any atom is 0.251 e. The molecule has 3 rings (SSSR count). The number of ether oxygens (including phenoxy) is 3. The summed E-state index contributed by atoms with van der Waals surface area (Å²) in [5.41, 5.74) is 1.81. The number of hydrogen-bond donors (Lipinski definition) is 1. The summed E-state index contributed by atoms with van der Waals surface area (Å²) < 4.78 is 21.1. The van der Waals surface area contributed by atoms with Crippen molar-refractivity contribution in [1.82, 2.24) is 10.5 Å². The van der Waals surface area contributed by atoms with Gasteiger partial charge in [0.1, 0.15) is 5.69 Å². The lowest BCUT2D eigenvalue weighted by Gasteiger charge is -2.13. The molecule has 0 bridgehead atoms. The third kappa shape index (κ3) is 4.20. The van der Waals surface area contributed by atoms with Gasteiger partial charge in [-0.3, -0.25) is 4.79 Å². The molecule has 1 heterocycles. The zero-order valence-corrected chi connectivity index (χ0v) is 16.4. The molecule has 146 valence electrons. The Kier molecular flexibility index (Phi) is 6.06. The molecule has 0 saturated carbocycles. The van der Waals surface area contributed by atoms with Gasteiger partial charge in [-0.05, 0) is 36.4 Å². The van der Waals surface area contributed by atoms with Crippen LogP contribution in [-0.2, 0) is 6.54 Å². The van der Waals surface area contributed by atoms with Crippen molar-refractivity contribution in [2.75, 3.05) is 21.3 Å². The Morgan fingerprint density at radius 3 is 2.25 bits per heavy atom. The smallest absolute Gasteiger partial charge is 0.251 e. The van der Waals surface area contributed by atoms with Crippen molar-refractivity contribution in [1.29, 1.82) is 0 Å². The van der Waals surface area contributed by atoms with E-state index in [2.05, 4.69) is 10.5 Å². The van der Waals surface area contributed by atoms with E-state index in [1.807, 2.05) is 12.1 Å². The van der Waals surface area contributed by atoms with E-state index in [4.69, 9.17) is 30.3 Å². The van der Waals surface area contributed by atoms with Crippen LogP contribution in [0.2, 0.25) is 5.02 Å². The van der Waals surface area contributed by atoms with Gasteiger partial charge < -0.3 is 24.1 Å². The first-order valence-corrected chi connectivity index (χ1v) is 8.73. The van der Waals surface area contributed by atoms with Gasteiger partial charge in [-0.15, -0.1) is 0 Å².